The molecule has 0 saturated carbocycles. The van der Waals surface area contributed by atoms with Gasteiger partial charge in [0.1, 0.15) is 6.54 Å². The summed E-state index contributed by atoms with van der Waals surface area (Å²) in [4.78, 5) is 20.9. The molecule has 1 aliphatic heterocycles. The first kappa shape index (κ1) is 20.3. The Balaban J connectivity index is 1.62. The van der Waals surface area contributed by atoms with Crippen LogP contribution in [0.5, 0.6) is 0 Å². The standard InChI is InChI=1S/C20H26N4O3S/c1-17-5-3-4-6-19(17)24(28(2,26)27)16-20(25)23-13-11-22(12-14-23)15-18-7-9-21-10-8-18/h3-10H,11-16H2,1-2H3. The van der Waals surface area contributed by atoms with Gasteiger partial charge in [0.15, 0.2) is 0 Å². The molecule has 2 heterocycles. The van der Waals surface area contributed by atoms with Gasteiger partial charge in [0.2, 0.25) is 15.9 Å². The van der Waals surface area contributed by atoms with Crippen LogP contribution in [-0.4, -0.2) is 68.1 Å². The average molecular weight is 403 g/mol. The van der Waals surface area contributed by atoms with E-state index in [4.69, 9.17) is 0 Å². The molecule has 0 atom stereocenters. The summed E-state index contributed by atoms with van der Waals surface area (Å²) in [5.41, 5.74) is 2.56. The number of amides is 1. The molecule has 3 rings (SSSR count). The maximum absolute atomic E-state index is 12.8. The number of rotatable bonds is 6. The van der Waals surface area contributed by atoms with Crippen LogP contribution in [0.25, 0.3) is 0 Å². The summed E-state index contributed by atoms with van der Waals surface area (Å²) in [6, 6.07) is 11.2. The van der Waals surface area contributed by atoms with E-state index in [1.165, 1.54) is 9.87 Å². The van der Waals surface area contributed by atoms with Crippen LogP contribution in [0.4, 0.5) is 5.69 Å². The van der Waals surface area contributed by atoms with Crippen LogP contribution >= 0.6 is 0 Å². The lowest BCUT2D eigenvalue weighted by molar-refractivity contribution is -0.131. The van der Waals surface area contributed by atoms with Gasteiger partial charge in [-0.3, -0.25) is 19.0 Å². The van der Waals surface area contributed by atoms with E-state index in [1.54, 1.807) is 29.4 Å². The van der Waals surface area contributed by atoms with E-state index in [0.29, 0.717) is 18.8 Å². The van der Waals surface area contributed by atoms with E-state index < -0.39 is 10.0 Å². The number of aromatic nitrogens is 1. The van der Waals surface area contributed by atoms with Crippen LogP contribution < -0.4 is 4.31 Å². The van der Waals surface area contributed by atoms with Gasteiger partial charge in [-0.05, 0) is 36.2 Å². The molecule has 0 N–H and O–H groups in total. The highest BCUT2D eigenvalue weighted by Gasteiger charge is 2.27. The normalized spacial score (nSPS) is 15.4. The lowest BCUT2D eigenvalue weighted by Gasteiger charge is -2.36. The lowest BCUT2D eigenvalue weighted by Crippen LogP contribution is -2.51. The largest absolute Gasteiger partial charge is 0.339 e. The molecule has 7 nitrogen and oxygen atoms in total. The Morgan fingerprint density at radius 3 is 2.32 bits per heavy atom. The molecular weight excluding hydrogens is 376 g/mol. The van der Waals surface area contributed by atoms with Crippen molar-refractivity contribution in [2.75, 3.05) is 43.3 Å². The minimum atomic E-state index is -3.56. The summed E-state index contributed by atoms with van der Waals surface area (Å²) < 4.78 is 25.8. The van der Waals surface area contributed by atoms with Gasteiger partial charge in [0.25, 0.3) is 0 Å². The van der Waals surface area contributed by atoms with Crippen molar-refractivity contribution >= 4 is 21.6 Å². The van der Waals surface area contributed by atoms with E-state index in [-0.39, 0.29) is 12.5 Å². The predicted molar refractivity (Wildman–Crippen MR) is 109 cm³/mol. The minimum Gasteiger partial charge on any atom is -0.339 e. The molecule has 1 aromatic heterocycles. The number of para-hydroxylation sites is 1. The zero-order valence-electron chi connectivity index (χ0n) is 16.3. The molecule has 1 aromatic carbocycles. The summed E-state index contributed by atoms with van der Waals surface area (Å²) in [6.07, 6.45) is 4.69. The Labute approximate surface area is 166 Å². The third-order valence-corrected chi connectivity index (χ3v) is 6.07. The number of carbonyl (C=O) groups excluding carboxylic acids is 1. The quantitative estimate of drug-likeness (QED) is 0.732. The lowest BCUT2D eigenvalue weighted by atomic mass is 10.2. The van der Waals surface area contributed by atoms with Gasteiger partial charge in [0, 0.05) is 45.1 Å². The number of aryl methyl sites for hydroxylation is 1. The highest BCUT2D eigenvalue weighted by molar-refractivity contribution is 7.92. The Morgan fingerprint density at radius 1 is 1.07 bits per heavy atom. The van der Waals surface area contributed by atoms with Crippen molar-refractivity contribution in [1.82, 2.24) is 14.8 Å². The maximum atomic E-state index is 12.8. The van der Waals surface area contributed by atoms with Gasteiger partial charge in [-0.25, -0.2) is 8.42 Å². The molecule has 150 valence electrons. The molecule has 2 aromatic rings. The van der Waals surface area contributed by atoms with Crippen molar-refractivity contribution in [3.05, 3.63) is 59.9 Å². The van der Waals surface area contributed by atoms with Crippen LogP contribution in [0.15, 0.2) is 48.8 Å². The first-order valence-electron chi connectivity index (χ1n) is 9.27. The molecule has 8 heteroatoms. The van der Waals surface area contributed by atoms with Crippen LogP contribution in [0, 0.1) is 6.92 Å². The highest BCUT2D eigenvalue weighted by atomic mass is 32.2. The van der Waals surface area contributed by atoms with Crippen LogP contribution in [-0.2, 0) is 21.4 Å². The van der Waals surface area contributed by atoms with E-state index in [1.807, 2.05) is 31.2 Å². The SMILES string of the molecule is Cc1ccccc1N(CC(=O)N1CCN(Cc2ccncc2)CC1)S(C)(=O)=O. The number of benzene rings is 1. The Hall–Kier alpha value is -2.45. The molecule has 0 unspecified atom stereocenters. The first-order valence-corrected chi connectivity index (χ1v) is 11.1. The monoisotopic (exact) mass is 402 g/mol. The molecule has 0 spiro atoms. The van der Waals surface area contributed by atoms with Crippen LogP contribution in [0.1, 0.15) is 11.1 Å². The highest BCUT2D eigenvalue weighted by Crippen LogP contribution is 2.22. The van der Waals surface area contributed by atoms with Gasteiger partial charge in [-0.1, -0.05) is 18.2 Å². The third-order valence-electron chi connectivity index (χ3n) is 4.94. The molecule has 0 bridgehead atoms. The van der Waals surface area contributed by atoms with Gasteiger partial charge in [-0.2, -0.15) is 0 Å². The fraction of sp³-hybridized carbons (Fsp3) is 0.400. The number of hydrogen-bond donors (Lipinski definition) is 0. The van der Waals surface area contributed by atoms with Crippen molar-refractivity contribution < 1.29 is 13.2 Å². The van der Waals surface area contributed by atoms with Crippen molar-refractivity contribution in [2.24, 2.45) is 0 Å². The fourth-order valence-corrected chi connectivity index (χ4v) is 4.26. The zero-order chi connectivity index (χ0) is 20.1. The van der Waals surface area contributed by atoms with Crippen LogP contribution in [0.2, 0.25) is 0 Å². The van der Waals surface area contributed by atoms with E-state index in [9.17, 15) is 13.2 Å². The molecule has 1 fully saturated rings. The Kier molecular flexibility index (Phi) is 6.31. The fourth-order valence-electron chi connectivity index (χ4n) is 3.35. The second-order valence-corrected chi connectivity index (χ2v) is 8.98. The van der Waals surface area contributed by atoms with Gasteiger partial charge in [-0.15, -0.1) is 0 Å². The number of hydrogen-bond acceptors (Lipinski definition) is 5. The maximum Gasteiger partial charge on any atom is 0.243 e. The molecule has 0 aliphatic carbocycles. The number of carbonyl (C=O) groups is 1. The van der Waals surface area contributed by atoms with E-state index in [2.05, 4.69) is 9.88 Å². The Morgan fingerprint density at radius 2 is 1.71 bits per heavy atom. The van der Waals surface area contributed by atoms with Gasteiger partial charge >= 0.3 is 0 Å². The van der Waals surface area contributed by atoms with Gasteiger partial charge < -0.3 is 4.90 Å². The second-order valence-electron chi connectivity index (χ2n) is 7.07. The summed E-state index contributed by atoms with van der Waals surface area (Å²) in [5, 5.41) is 0. The molecule has 1 amide bonds. The summed E-state index contributed by atoms with van der Waals surface area (Å²) >= 11 is 0. The smallest absolute Gasteiger partial charge is 0.243 e. The number of sulfonamides is 1. The first-order chi connectivity index (χ1) is 13.3. The number of anilines is 1. The van der Waals surface area contributed by atoms with Gasteiger partial charge in [0.05, 0.1) is 11.9 Å². The Bertz CT molecular complexity index is 910. The average Bonchev–Trinajstić information content (AvgIpc) is 2.67. The topological polar surface area (TPSA) is 73.8 Å². The number of nitrogens with zero attached hydrogens (tertiary/aromatic N) is 4. The molecule has 1 aliphatic rings. The van der Waals surface area contributed by atoms with Crippen molar-refractivity contribution in [3.63, 3.8) is 0 Å². The summed E-state index contributed by atoms with van der Waals surface area (Å²) in [6.45, 7) is 5.20. The molecular formula is C20H26N4O3S. The predicted octanol–water partition coefficient (Wildman–Crippen LogP) is 1.50. The number of pyridine rings is 1. The van der Waals surface area contributed by atoms with E-state index in [0.717, 1.165) is 31.5 Å². The van der Waals surface area contributed by atoms with Crippen LogP contribution in [0.3, 0.4) is 0 Å². The van der Waals surface area contributed by atoms with Crippen molar-refractivity contribution in [2.45, 2.75) is 13.5 Å². The second kappa shape index (κ2) is 8.70. The number of piperazine rings is 1. The molecule has 1 saturated heterocycles. The molecule has 28 heavy (non-hydrogen) atoms. The van der Waals surface area contributed by atoms with E-state index >= 15 is 0 Å². The third kappa shape index (κ3) is 5.08. The van der Waals surface area contributed by atoms with Crippen molar-refractivity contribution in [3.8, 4) is 0 Å². The summed E-state index contributed by atoms with van der Waals surface area (Å²) in [5.74, 6) is -0.169. The summed E-state index contributed by atoms with van der Waals surface area (Å²) in [7, 11) is -3.56. The minimum absolute atomic E-state index is 0.169. The van der Waals surface area contributed by atoms with Crippen molar-refractivity contribution in [1.29, 1.82) is 0 Å². The zero-order valence-corrected chi connectivity index (χ0v) is 17.1. The molecule has 0 radical (unpaired) electrons.